The molecular formula is C16H23N3O2. The highest BCUT2D eigenvalue weighted by Gasteiger charge is 2.45. The lowest BCUT2D eigenvalue weighted by molar-refractivity contribution is -0.121. The number of carbonyl (C=O) groups excluding carboxylic acids is 1. The van der Waals surface area contributed by atoms with Gasteiger partial charge in [0.1, 0.15) is 5.54 Å². The molecule has 3 atom stereocenters. The second kappa shape index (κ2) is 4.82. The van der Waals surface area contributed by atoms with Gasteiger partial charge in [-0.25, -0.2) is 0 Å². The van der Waals surface area contributed by atoms with Gasteiger partial charge in [-0.2, -0.15) is 4.98 Å². The molecular weight excluding hydrogens is 266 g/mol. The van der Waals surface area contributed by atoms with Crippen molar-refractivity contribution in [2.45, 2.75) is 69.7 Å². The third kappa shape index (κ3) is 2.17. The minimum absolute atomic E-state index is 0.0110. The number of nitrogens with zero attached hydrogens (tertiary/aromatic N) is 2. The standard InChI is InChI=1S/C16H23N3O2/c1-10(20)18-16(6-2-3-7-16)15-17-14(21-19-15)13-9-11-4-5-12(13)8-11/h11-13H,2-9H2,1H3,(H,18,20)/t11-,12-,13-/m0/s1. The van der Waals surface area contributed by atoms with E-state index in [1.807, 2.05) is 0 Å². The molecule has 3 saturated carbocycles. The van der Waals surface area contributed by atoms with Crippen LogP contribution in [0.1, 0.15) is 75.9 Å². The molecule has 1 aromatic heterocycles. The van der Waals surface area contributed by atoms with Crippen LogP contribution in [0.4, 0.5) is 0 Å². The van der Waals surface area contributed by atoms with Crippen LogP contribution in [0, 0.1) is 11.8 Å². The molecule has 21 heavy (non-hydrogen) atoms. The zero-order valence-corrected chi connectivity index (χ0v) is 12.6. The first-order valence-electron chi connectivity index (χ1n) is 8.29. The molecule has 3 fully saturated rings. The number of aromatic nitrogens is 2. The summed E-state index contributed by atoms with van der Waals surface area (Å²) in [5.74, 6) is 3.57. The van der Waals surface area contributed by atoms with Crippen LogP contribution in [-0.2, 0) is 10.3 Å². The Hall–Kier alpha value is -1.39. The predicted molar refractivity (Wildman–Crippen MR) is 76.4 cm³/mol. The number of amides is 1. The van der Waals surface area contributed by atoms with Gasteiger partial charge in [-0.1, -0.05) is 24.4 Å². The first kappa shape index (κ1) is 13.3. The second-order valence-corrected chi connectivity index (χ2v) is 7.21. The molecule has 5 heteroatoms. The summed E-state index contributed by atoms with van der Waals surface area (Å²) in [5.41, 5.74) is -0.384. The van der Waals surface area contributed by atoms with Crippen molar-refractivity contribution in [2.24, 2.45) is 11.8 Å². The summed E-state index contributed by atoms with van der Waals surface area (Å²) in [7, 11) is 0. The number of hydrogen-bond acceptors (Lipinski definition) is 4. The lowest BCUT2D eigenvalue weighted by Gasteiger charge is -2.26. The molecule has 0 spiro atoms. The summed E-state index contributed by atoms with van der Waals surface area (Å²) in [6, 6.07) is 0. The van der Waals surface area contributed by atoms with E-state index >= 15 is 0 Å². The van der Waals surface area contributed by atoms with Crippen LogP contribution in [0.25, 0.3) is 0 Å². The van der Waals surface area contributed by atoms with Crippen molar-refractivity contribution in [3.63, 3.8) is 0 Å². The fourth-order valence-corrected chi connectivity index (χ4v) is 4.85. The molecule has 1 amide bonds. The van der Waals surface area contributed by atoms with Gasteiger partial charge in [0, 0.05) is 12.8 Å². The zero-order chi connectivity index (χ0) is 14.4. The van der Waals surface area contributed by atoms with Gasteiger partial charge in [0.2, 0.25) is 11.8 Å². The molecule has 2 bridgehead atoms. The minimum atomic E-state index is -0.384. The van der Waals surface area contributed by atoms with Crippen molar-refractivity contribution in [3.05, 3.63) is 11.7 Å². The van der Waals surface area contributed by atoms with Crippen LogP contribution >= 0.6 is 0 Å². The van der Waals surface area contributed by atoms with Gasteiger partial charge in [0.25, 0.3) is 0 Å². The first-order valence-corrected chi connectivity index (χ1v) is 8.29. The van der Waals surface area contributed by atoms with E-state index in [4.69, 9.17) is 9.51 Å². The Morgan fingerprint density at radius 3 is 2.71 bits per heavy atom. The fraction of sp³-hybridized carbons (Fsp3) is 0.812. The Bertz CT molecular complexity index is 547. The highest BCUT2D eigenvalue weighted by molar-refractivity contribution is 5.74. The average Bonchev–Trinajstić information content (AvgIpc) is 3.22. The summed E-state index contributed by atoms with van der Waals surface area (Å²) in [6.07, 6.45) is 9.28. The molecule has 0 unspecified atom stereocenters. The van der Waals surface area contributed by atoms with Gasteiger partial charge >= 0.3 is 0 Å². The zero-order valence-electron chi connectivity index (χ0n) is 12.6. The molecule has 1 aromatic rings. The third-order valence-corrected chi connectivity index (χ3v) is 5.80. The van der Waals surface area contributed by atoms with Crippen LogP contribution in [0.15, 0.2) is 4.52 Å². The predicted octanol–water partition coefficient (Wildman–Crippen LogP) is 2.88. The largest absolute Gasteiger partial charge is 0.343 e. The van der Waals surface area contributed by atoms with Crippen molar-refractivity contribution in [2.75, 3.05) is 0 Å². The molecule has 5 nitrogen and oxygen atoms in total. The molecule has 114 valence electrons. The molecule has 0 saturated heterocycles. The molecule has 4 rings (SSSR count). The van der Waals surface area contributed by atoms with E-state index in [1.165, 1.54) is 25.7 Å². The van der Waals surface area contributed by atoms with Crippen molar-refractivity contribution < 1.29 is 9.32 Å². The Labute approximate surface area is 124 Å². The second-order valence-electron chi connectivity index (χ2n) is 7.21. The maximum absolute atomic E-state index is 11.5. The van der Waals surface area contributed by atoms with Gasteiger partial charge in [0.05, 0.1) is 0 Å². The van der Waals surface area contributed by atoms with Crippen LogP contribution in [-0.4, -0.2) is 16.0 Å². The Morgan fingerprint density at radius 2 is 2.10 bits per heavy atom. The van der Waals surface area contributed by atoms with Gasteiger partial charge in [0.15, 0.2) is 5.82 Å². The summed E-state index contributed by atoms with van der Waals surface area (Å²) in [5, 5.41) is 7.34. The van der Waals surface area contributed by atoms with E-state index in [0.717, 1.165) is 43.4 Å². The van der Waals surface area contributed by atoms with Crippen molar-refractivity contribution >= 4 is 5.91 Å². The van der Waals surface area contributed by atoms with E-state index in [9.17, 15) is 4.79 Å². The summed E-state index contributed by atoms with van der Waals surface area (Å²) >= 11 is 0. The van der Waals surface area contributed by atoms with E-state index in [2.05, 4.69) is 10.5 Å². The van der Waals surface area contributed by atoms with Gasteiger partial charge in [-0.3, -0.25) is 4.79 Å². The molecule has 0 radical (unpaired) electrons. The van der Waals surface area contributed by atoms with Crippen LogP contribution in [0.3, 0.4) is 0 Å². The van der Waals surface area contributed by atoms with Crippen molar-refractivity contribution in [1.82, 2.24) is 15.5 Å². The van der Waals surface area contributed by atoms with Crippen LogP contribution in [0.5, 0.6) is 0 Å². The lowest BCUT2D eigenvalue weighted by atomic mass is 9.88. The number of hydrogen-bond donors (Lipinski definition) is 1. The molecule has 3 aliphatic rings. The van der Waals surface area contributed by atoms with E-state index < -0.39 is 0 Å². The summed E-state index contributed by atoms with van der Waals surface area (Å²) in [6.45, 7) is 1.57. The number of fused-ring (bicyclic) bond motifs is 2. The summed E-state index contributed by atoms with van der Waals surface area (Å²) in [4.78, 5) is 16.3. The first-order chi connectivity index (χ1) is 10.2. The Kier molecular flexibility index (Phi) is 3.05. The molecule has 1 N–H and O–H groups in total. The van der Waals surface area contributed by atoms with Gasteiger partial charge < -0.3 is 9.84 Å². The third-order valence-electron chi connectivity index (χ3n) is 5.80. The van der Waals surface area contributed by atoms with E-state index in [-0.39, 0.29) is 11.4 Å². The van der Waals surface area contributed by atoms with Crippen LogP contribution < -0.4 is 5.32 Å². The highest BCUT2D eigenvalue weighted by atomic mass is 16.5. The highest BCUT2D eigenvalue weighted by Crippen LogP contribution is 2.52. The topological polar surface area (TPSA) is 68.0 Å². The van der Waals surface area contributed by atoms with Gasteiger partial charge in [-0.05, 0) is 43.9 Å². The van der Waals surface area contributed by atoms with Crippen molar-refractivity contribution in [3.8, 4) is 0 Å². The van der Waals surface area contributed by atoms with E-state index in [0.29, 0.717) is 11.7 Å². The fourth-order valence-electron chi connectivity index (χ4n) is 4.85. The minimum Gasteiger partial charge on any atom is -0.343 e. The summed E-state index contributed by atoms with van der Waals surface area (Å²) < 4.78 is 5.61. The Morgan fingerprint density at radius 1 is 1.29 bits per heavy atom. The van der Waals surface area contributed by atoms with Crippen LogP contribution in [0.2, 0.25) is 0 Å². The smallest absolute Gasteiger partial charge is 0.230 e. The van der Waals surface area contributed by atoms with E-state index in [1.54, 1.807) is 6.92 Å². The maximum atomic E-state index is 11.5. The van der Waals surface area contributed by atoms with Crippen molar-refractivity contribution in [1.29, 1.82) is 0 Å². The molecule has 3 aliphatic carbocycles. The average molecular weight is 289 g/mol. The molecule has 0 aromatic carbocycles. The maximum Gasteiger partial charge on any atom is 0.230 e. The number of rotatable bonds is 3. The Balaban J connectivity index is 1.59. The number of nitrogens with one attached hydrogen (secondary N) is 1. The monoisotopic (exact) mass is 289 g/mol. The normalized spacial score (nSPS) is 33.5. The van der Waals surface area contributed by atoms with Gasteiger partial charge in [-0.15, -0.1) is 0 Å². The quantitative estimate of drug-likeness (QED) is 0.929. The SMILES string of the molecule is CC(=O)NC1(c2noc([C@H]3C[C@H]4CC[C@H]3C4)n2)CCCC1. The molecule has 1 heterocycles. The lowest BCUT2D eigenvalue weighted by Crippen LogP contribution is -2.43. The molecule has 0 aliphatic heterocycles. The number of carbonyl (C=O) groups is 1.